The summed E-state index contributed by atoms with van der Waals surface area (Å²) in [6, 6.07) is 6.33. The average Bonchev–Trinajstić information content (AvgIpc) is 3.43. The van der Waals surface area contributed by atoms with Gasteiger partial charge in [0.1, 0.15) is 11.6 Å². The molecular formula is C22H32Cl2N6O. The largest absolute Gasteiger partial charge is 0.371 e. The van der Waals surface area contributed by atoms with Gasteiger partial charge in [0.25, 0.3) is 5.91 Å². The minimum absolute atomic E-state index is 0. The van der Waals surface area contributed by atoms with Gasteiger partial charge in [0.15, 0.2) is 0 Å². The highest BCUT2D eigenvalue weighted by Crippen LogP contribution is 2.31. The molecule has 0 aliphatic carbocycles. The number of piperidine rings is 1. The molecule has 4 heterocycles. The molecule has 0 saturated carbocycles. The highest BCUT2D eigenvalue weighted by Gasteiger charge is 2.30. The Labute approximate surface area is 196 Å². The summed E-state index contributed by atoms with van der Waals surface area (Å²) in [5.41, 5.74) is 3.13. The number of carbonyl (C=O) groups excluding carboxylic acids is 1. The number of hydrogen-bond acceptors (Lipinski definition) is 5. The number of likely N-dealkylation sites (tertiary alicyclic amines) is 1. The summed E-state index contributed by atoms with van der Waals surface area (Å²) in [6.45, 7) is 8.48. The van der Waals surface area contributed by atoms with Crippen LogP contribution in [0.15, 0.2) is 18.2 Å². The molecule has 0 unspecified atom stereocenters. The van der Waals surface area contributed by atoms with Crippen molar-refractivity contribution in [2.45, 2.75) is 51.6 Å². The summed E-state index contributed by atoms with van der Waals surface area (Å²) in [5.74, 6) is 2.73. The van der Waals surface area contributed by atoms with Gasteiger partial charge in [0.05, 0.1) is 12.1 Å². The molecule has 9 heteroatoms. The van der Waals surface area contributed by atoms with Gasteiger partial charge < -0.3 is 19.7 Å². The van der Waals surface area contributed by atoms with Crippen molar-refractivity contribution < 1.29 is 4.79 Å². The van der Waals surface area contributed by atoms with Crippen LogP contribution in [0.25, 0.3) is 0 Å². The van der Waals surface area contributed by atoms with E-state index in [0.717, 1.165) is 87.1 Å². The molecule has 0 bridgehead atoms. The molecule has 1 aromatic heterocycles. The first-order chi connectivity index (χ1) is 14.2. The fraction of sp³-hybridized carbons (Fsp3) is 0.591. The van der Waals surface area contributed by atoms with Crippen LogP contribution in [0.1, 0.15) is 59.2 Å². The average molecular weight is 467 g/mol. The summed E-state index contributed by atoms with van der Waals surface area (Å²) >= 11 is 0. The highest BCUT2D eigenvalue weighted by molar-refractivity contribution is 6.00. The third-order valence-corrected chi connectivity index (χ3v) is 6.63. The Hall–Kier alpha value is -1.83. The highest BCUT2D eigenvalue weighted by atomic mass is 35.5. The number of amides is 1. The van der Waals surface area contributed by atoms with E-state index in [1.807, 2.05) is 4.90 Å². The first-order valence-electron chi connectivity index (χ1n) is 11.0. The van der Waals surface area contributed by atoms with Gasteiger partial charge in [-0.05, 0) is 44.7 Å². The number of aryl methyl sites for hydroxylation is 1. The van der Waals surface area contributed by atoms with Crippen LogP contribution in [0.2, 0.25) is 0 Å². The number of halogens is 2. The quantitative estimate of drug-likeness (QED) is 0.752. The Morgan fingerprint density at radius 1 is 1.03 bits per heavy atom. The fourth-order valence-electron chi connectivity index (χ4n) is 4.98. The number of fused-ring (bicyclic) bond motifs is 1. The van der Waals surface area contributed by atoms with Gasteiger partial charge in [-0.3, -0.25) is 4.79 Å². The summed E-state index contributed by atoms with van der Waals surface area (Å²) in [6.07, 6.45) is 4.35. The van der Waals surface area contributed by atoms with Crippen LogP contribution in [-0.4, -0.2) is 58.3 Å². The molecule has 2 fully saturated rings. The molecule has 0 spiro atoms. The second-order valence-corrected chi connectivity index (χ2v) is 8.58. The molecule has 3 aliphatic heterocycles. The lowest BCUT2D eigenvalue weighted by atomic mass is 9.95. The molecule has 7 nitrogen and oxygen atoms in total. The van der Waals surface area contributed by atoms with Gasteiger partial charge in [-0.2, -0.15) is 0 Å². The third-order valence-electron chi connectivity index (χ3n) is 6.63. The summed E-state index contributed by atoms with van der Waals surface area (Å²) in [4.78, 5) is 17.8. The Morgan fingerprint density at radius 2 is 1.77 bits per heavy atom. The standard InChI is InChI=1S/C22H30N6O.2ClH/c1-16-4-5-19(26-9-2-3-10-26)18(14-16)22(29)27-11-6-17(7-12-27)21-25-24-20-15-23-8-13-28(20)21;;/h4-5,14,17,23H,2-3,6-13,15H2,1H3;2*1H. The maximum atomic E-state index is 13.4. The zero-order valence-electron chi connectivity index (χ0n) is 18.0. The molecule has 1 amide bonds. The Balaban J connectivity index is 0.00000136. The molecule has 1 N–H and O–H groups in total. The number of anilines is 1. The van der Waals surface area contributed by atoms with Crippen molar-refractivity contribution >= 4 is 36.4 Å². The number of nitrogens with one attached hydrogen (secondary N) is 1. The first-order valence-corrected chi connectivity index (χ1v) is 11.0. The normalized spacial score (nSPS) is 18.9. The summed E-state index contributed by atoms with van der Waals surface area (Å²) < 4.78 is 2.28. The van der Waals surface area contributed by atoms with Crippen molar-refractivity contribution in [3.63, 3.8) is 0 Å². The number of carbonyl (C=O) groups is 1. The van der Waals surface area contributed by atoms with Crippen LogP contribution in [0.5, 0.6) is 0 Å². The van der Waals surface area contributed by atoms with Gasteiger partial charge in [0.2, 0.25) is 0 Å². The van der Waals surface area contributed by atoms with Crippen LogP contribution < -0.4 is 10.2 Å². The fourth-order valence-corrected chi connectivity index (χ4v) is 4.98. The number of hydrogen-bond donors (Lipinski definition) is 1. The van der Waals surface area contributed by atoms with Crippen molar-refractivity contribution in [3.8, 4) is 0 Å². The zero-order chi connectivity index (χ0) is 19.8. The van der Waals surface area contributed by atoms with Crippen LogP contribution in [0.3, 0.4) is 0 Å². The van der Waals surface area contributed by atoms with E-state index >= 15 is 0 Å². The number of nitrogens with zero attached hydrogens (tertiary/aromatic N) is 5. The topological polar surface area (TPSA) is 66.3 Å². The summed E-state index contributed by atoms with van der Waals surface area (Å²) in [7, 11) is 0. The third kappa shape index (κ3) is 4.69. The number of rotatable bonds is 3. The van der Waals surface area contributed by atoms with E-state index in [-0.39, 0.29) is 30.7 Å². The molecule has 31 heavy (non-hydrogen) atoms. The molecule has 0 radical (unpaired) electrons. The van der Waals surface area contributed by atoms with Gasteiger partial charge in [-0.15, -0.1) is 35.0 Å². The van der Waals surface area contributed by atoms with E-state index in [0.29, 0.717) is 5.92 Å². The van der Waals surface area contributed by atoms with Gasteiger partial charge >= 0.3 is 0 Å². The second kappa shape index (κ2) is 10.2. The minimum Gasteiger partial charge on any atom is -0.371 e. The van der Waals surface area contributed by atoms with E-state index in [4.69, 9.17) is 0 Å². The van der Waals surface area contributed by atoms with Crippen LogP contribution in [-0.2, 0) is 13.1 Å². The number of aromatic nitrogens is 3. The Bertz CT molecular complexity index is 903. The maximum absolute atomic E-state index is 13.4. The summed E-state index contributed by atoms with van der Waals surface area (Å²) in [5, 5.41) is 12.2. The SMILES string of the molecule is Cc1ccc(N2CCCC2)c(C(=O)N2CCC(c3nnc4n3CCNC4)CC2)c1.Cl.Cl. The molecule has 170 valence electrons. The van der Waals surface area contributed by atoms with Crippen LogP contribution in [0, 0.1) is 6.92 Å². The van der Waals surface area contributed by atoms with E-state index < -0.39 is 0 Å². The van der Waals surface area contributed by atoms with Gasteiger partial charge in [-0.1, -0.05) is 11.6 Å². The predicted octanol–water partition coefficient (Wildman–Crippen LogP) is 3.15. The Kier molecular flexibility index (Phi) is 7.83. The van der Waals surface area contributed by atoms with E-state index in [1.54, 1.807) is 0 Å². The zero-order valence-corrected chi connectivity index (χ0v) is 19.7. The lowest BCUT2D eigenvalue weighted by Gasteiger charge is -2.33. The van der Waals surface area contributed by atoms with Crippen molar-refractivity contribution in [1.29, 1.82) is 0 Å². The Morgan fingerprint density at radius 3 is 2.52 bits per heavy atom. The monoisotopic (exact) mass is 466 g/mol. The van der Waals surface area contributed by atoms with Crippen molar-refractivity contribution in [2.75, 3.05) is 37.6 Å². The van der Waals surface area contributed by atoms with Gasteiger partial charge in [-0.25, -0.2) is 0 Å². The van der Waals surface area contributed by atoms with E-state index in [1.165, 1.54) is 12.8 Å². The van der Waals surface area contributed by atoms with E-state index in [2.05, 4.69) is 50.1 Å². The predicted molar refractivity (Wildman–Crippen MR) is 127 cm³/mol. The van der Waals surface area contributed by atoms with Crippen molar-refractivity contribution in [2.24, 2.45) is 0 Å². The first kappa shape index (κ1) is 23.8. The van der Waals surface area contributed by atoms with Crippen LogP contribution in [0.4, 0.5) is 5.69 Å². The molecular weight excluding hydrogens is 435 g/mol. The molecule has 2 aromatic rings. The van der Waals surface area contributed by atoms with Crippen molar-refractivity contribution in [1.82, 2.24) is 25.0 Å². The minimum atomic E-state index is 0. The molecule has 3 aliphatic rings. The smallest absolute Gasteiger partial charge is 0.255 e. The molecule has 1 aromatic carbocycles. The molecule has 5 rings (SSSR count). The van der Waals surface area contributed by atoms with Crippen molar-refractivity contribution in [3.05, 3.63) is 41.0 Å². The van der Waals surface area contributed by atoms with E-state index in [9.17, 15) is 4.79 Å². The molecule has 0 atom stereocenters. The lowest BCUT2D eigenvalue weighted by Crippen LogP contribution is -2.39. The molecule has 2 saturated heterocycles. The van der Waals surface area contributed by atoms with Crippen LogP contribution >= 0.6 is 24.8 Å². The second-order valence-electron chi connectivity index (χ2n) is 8.58. The number of benzene rings is 1. The lowest BCUT2D eigenvalue weighted by molar-refractivity contribution is 0.0710. The van der Waals surface area contributed by atoms with Gasteiger partial charge in [0, 0.05) is 50.9 Å². The maximum Gasteiger partial charge on any atom is 0.255 e.